The zero-order valence-electron chi connectivity index (χ0n) is 14.8. The van der Waals surface area contributed by atoms with Crippen molar-refractivity contribution in [1.29, 1.82) is 0 Å². The van der Waals surface area contributed by atoms with Crippen molar-refractivity contribution < 1.29 is 13.2 Å². The van der Waals surface area contributed by atoms with E-state index in [2.05, 4.69) is 5.32 Å². The van der Waals surface area contributed by atoms with Crippen LogP contribution in [0, 0.1) is 6.92 Å². The average Bonchev–Trinajstić information content (AvgIpc) is 2.66. The highest BCUT2D eigenvalue weighted by Gasteiger charge is 2.37. The maximum Gasteiger partial charge on any atom is 0.243 e. The number of sulfonamides is 1. The third kappa shape index (κ3) is 4.29. The van der Waals surface area contributed by atoms with Gasteiger partial charge < -0.3 is 5.32 Å². The van der Waals surface area contributed by atoms with Crippen LogP contribution in [-0.2, 0) is 14.8 Å². The molecule has 1 amide bonds. The van der Waals surface area contributed by atoms with E-state index in [1.54, 1.807) is 25.1 Å². The number of anilines is 1. The second-order valence-corrected chi connectivity index (χ2v) is 9.22. The first-order valence-corrected chi connectivity index (χ1v) is 10.8. The maximum absolute atomic E-state index is 13.1. The van der Waals surface area contributed by atoms with Gasteiger partial charge in [0, 0.05) is 22.3 Å². The van der Waals surface area contributed by atoms with Gasteiger partial charge in [0.15, 0.2) is 0 Å². The Labute approximate surface area is 169 Å². The van der Waals surface area contributed by atoms with Crippen LogP contribution in [-0.4, -0.2) is 31.2 Å². The molecule has 1 N–H and O–H groups in total. The number of rotatable bonds is 4. The summed E-state index contributed by atoms with van der Waals surface area (Å²) in [6.07, 6.45) is 1.98. The largest absolute Gasteiger partial charge is 0.324 e. The molecule has 144 valence electrons. The van der Waals surface area contributed by atoms with Crippen LogP contribution in [0.2, 0.25) is 10.0 Å². The minimum Gasteiger partial charge on any atom is -0.324 e. The van der Waals surface area contributed by atoms with Gasteiger partial charge in [0.05, 0.1) is 4.90 Å². The van der Waals surface area contributed by atoms with Gasteiger partial charge in [-0.15, -0.1) is 0 Å². The van der Waals surface area contributed by atoms with E-state index in [0.29, 0.717) is 35.1 Å². The minimum absolute atomic E-state index is 0.130. The fourth-order valence-electron chi connectivity index (χ4n) is 3.16. The molecule has 3 rings (SSSR count). The van der Waals surface area contributed by atoms with Crippen molar-refractivity contribution in [2.24, 2.45) is 0 Å². The predicted octanol–water partition coefficient (Wildman–Crippen LogP) is 4.48. The van der Waals surface area contributed by atoms with Gasteiger partial charge in [0.1, 0.15) is 6.04 Å². The molecule has 27 heavy (non-hydrogen) atoms. The second kappa shape index (κ2) is 8.19. The van der Waals surface area contributed by atoms with Crippen molar-refractivity contribution in [1.82, 2.24) is 4.31 Å². The van der Waals surface area contributed by atoms with Crippen LogP contribution in [0.5, 0.6) is 0 Å². The van der Waals surface area contributed by atoms with E-state index in [0.717, 1.165) is 12.0 Å². The molecule has 1 saturated heterocycles. The Balaban J connectivity index is 1.87. The highest BCUT2D eigenvalue weighted by molar-refractivity contribution is 7.89. The van der Waals surface area contributed by atoms with E-state index in [-0.39, 0.29) is 10.8 Å². The SMILES string of the molecule is Cc1c(Cl)cccc1NC(=O)[C@H]1CCCCN1S(=O)(=O)c1ccc(Cl)cc1. The van der Waals surface area contributed by atoms with Crippen molar-refractivity contribution in [3.05, 3.63) is 58.1 Å². The molecule has 5 nitrogen and oxygen atoms in total. The molecule has 2 aromatic rings. The first-order chi connectivity index (χ1) is 12.8. The van der Waals surface area contributed by atoms with E-state index in [1.807, 2.05) is 0 Å². The third-order valence-corrected chi connectivity index (χ3v) is 7.29. The van der Waals surface area contributed by atoms with Gasteiger partial charge >= 0.3 is 0 Å². The summed E-state index contributed by atoms with van der Waals surface area (Å²) < 4.78 is 27.4. The van der Waals surface area contributed by atoms with E-state index < -0.39 is 16.1 Å². The maximum atomic E-state index is 13.1. The molecule has 0 aliphatic carbocycles. The van der Waals surface area contributed by atoms with Gasteiger partial charge in [-0.2, -0.15) is 4.31 Å². The summed E-state index contributed by atoms with van der Waals surface area (Å²) in [6.45, 7) is 2.11. The first kappa shape index (κ1) is 20.1. The molecule has 1 fully saturated rings. The van der Waals surface area contributed by atoms with Crippen LogP contribution in [0.15, 0.2) is 47.4 Å². The lowest BCUT2D eigenvalue weighted by molar-refractivity contribution is -0.120. The lowest BCUT2D eigenvalue weighted by Crippen LogP contribution is -2.49. The quantitative estimate of drug-likeness (QED) is 0.782. The molecule has 1 aliphatic rings. The number of amides is 1. The Kier molecular flexibility index (Phi) is 6.11. The molecule has 1 aliphatic heterocycles. The van der Waals surface area contributed by atoms with Gasteiger partial charge in [-0.3, -0.25) is 4.79 Å². The molecule has 1 heterocycles. The lowest BCUT2D eigenvalue weighted by atomic mass is 10.0. The number of piperidine rings is 1. The Bertz CT molecular complexity index is 946. The van der Waals surface area contributed by atoms with E-state index >= 15 is 0 Å². The summed E-state index contributed by atoms with van der Waals surface area (Å²) in [5.74, 6) is -0.349. The Morgan fingerprint density at radius 1 is 1.11 bits per heavy atom. The van der Waals surface area contributed by atoms with Gasteiger partial charge in [-0.1, -0.05) is 35.7 Å². The normalized spacial score (nSPS) is 18.3. The number of hydrogen-bond donors (Lipinski definition) is 1. The van der Waals surface area contributed by atoms with Crippen molar-refractivity contribution in [3.63, 3.8) is 0 Å². The zero-order chi connectivity index (χ0) is 19.6. The molecule has 1 atom stereocenters. The van der Waals surface area contributed by atoms with Crippen molar-refractivity contribution in [2.45, 2.75) is 37.1 Å². The standard InChI is InChI=1S/C19H20Cl2N2O3S/c1-13-16(21)5-4-6-17(13)22-19(24)18-7-2-3-12-23(18)27(25,26)15-10-8-14(20)9-11-15/h4-6,8-11,18H,2-3,7,12H2,1H3,(H,22,24)/t18-/m1/s1. The minimum atomic E-state index is -3.80. The number of nitrogens with one attached hydrogen (secondary N) is 1. The number of halogens is 2. The second-order valence-electron chi connectivity index (χ2n) is 6.48. The summed E-state index contributed by atoms with van der Waals surface area (Å²) in [5, 5.41) is 3.83. The average molecular weight is 427 g/mol. The number of nitrogens with zero attached hydrogens (tertiary/aromatic N) is 1. The molecule has 2 aromatic carbocycles. The van der Waals surface area contributed by atoms with Crippen molar-refractivity contribution >= 4 is 44.8 Å². The van der Waals surface area contributed by atoms with Crippen molar-refractivity contribution in [2.75, 3.05) is 11.9 Å². The fraction of sp³-hybridized carbons (Fsp3) is 0.316. The predicted molar refractivity (Wildman–Crippen MR) is 108 cm³/mol. The first-order valence-electron chi connectivity index (χ1n) is 8.64. The Morgan fingerprint density at radius 2 is 1.81 bits per heavy atom. The summed E-state index contributed by atoms with van der Waals surface area (Å²) in [6, 6.07) is 10.5. The molecular weight excluding hydrogens is 407 g/mol. The number of hydrogen-bond acceptors (Lipinski definition) is 3. The molecule has 0 unspecified atom stereocenters. The summed E-state index contributed by atoms with van der Waals surface area (Å²) in [5.41, 5.74) is 1.33. The van der Waals surface area contributed by atoms with Gasteiger partial charge in [-0.05, 0) is 61.7 Å². The van der Waals surface area contributed by atoms with Gasteiger partial charge in [-0.25, -0.2) is 8.42 Å². The van der Waals surface area contributed by atoms with E-state index in [1.165, 1.54) is 28.6 Å². The molecular formula is C19H20Cl2N2O3S. The highest BCUT2D eigenvalue weighted by Crippen LogP contribution is 2.28. The monoisotopic (exact) mass is 426 g/mol. The van der Waals surface area contributed by atoms with Crippen LogP contribution in [0.4, 0.5) is 5.69 Å². The molecule has 0 saturated carbocycles. The number of benzene rings is 2. The number of carbonyl (C=O) groups excluding carboxylic acids is 1. The zero-order valence-corrected chi connectivity index (χ0v) is 17.1. The van der Waals surface area contributed by atoms with Crippen LogP contribution in [0.1, 0.15) is 24.8 Å². The Hall–Kier alpha value is -1.60. The highest BCUT2D eigenvalue weighted by atomic mass is 35.5. The van der Waals surface area contributed by atoms with E-state index in [9.17, 15) is 13.2 Å². The fourth-order valence-corrected chi connectivity index (χ4v) is 5.11. The molecule has 0 spiro atoms. The third-order valence-electron chi connectivity index (χ3n) is 4.70. The topological polar surface area (TPSA) is 66.5 Å². The summed E-state index contributed by atoms with van der Waals surface area (Å²) in [7, 11) is -3.80. The van der Waals surface area contributed by atoms with Crippen LogP contribution >= 0.6 is 23.2 Å². The lowest BCUT2D eigenvalue weighted by Gasteiger charge is -2.33. The number of carbonyl (C=O) groups is 1. The molecule has 8 heteroatoms. The van der Waals surface area contributed by atoms with Crippen LogP contribution in [0.25, 0.3) is 0 Å². The van der Waals surface area contributed by atoms with Crippen LogP contribution < -0.4 is 5.32 Å². The molecule has 0 radical (unpaired) electrons. The molecule has 0 bridgehead atoms. The van der Waals surface area contributed by atoms with Gasteiger partial charge in [0.25, 0.3) is 0 Å². The molecule has 0 aromatic heterocycles. The smallest absolute Gasteiger partial charge is 0.243 e. The van der Waals surface area contributed by atoms with E-state index in [4.69, 9.17) is 23.2 Å². The van der Waals surface area contributed by atoms with Crippen molar-refractivity contribution in [3.8, 4) is 0 Å². The van der Waals surface area contributed by atoms with Crippen LogP contribution in [0.3, 0.4) is 0 Å². The Morgan fingerprint density at radius 3 is 2.52 bits per heavy atom. The summed E-state index contributed by atoms with van der Waals surface area (Å²) in [4.78, 5) is 13.0. The van der Waals surface area contributed by atoms with Gasteiger partial charge in [0.2, 0.25) is 15.9 Å². The summed E-state index contributed by atoms with van der Waals surface area (Å²) >= 11 is 12.0.